The Hall–Kier alpha value is -4.29. The monoisotopic (exact) mass is 527 g/mol. The second kappa shape index (κ2) is 9.76. The average molecular weight is 528 g/mol. The van der Waals surface area contributed by atoms with Crippen molar-refractivity contribution in [1.29, 1.82) is 0 Å². The molecule has 0 amide bonds. The Morgan fingerprint density at radius 1 is 1.28 bits per heavy atom. The van der Waals surface area contributed by atoms with Gasteiger partial charge in [0.25, 0.3) is 11.5 Å². The third-order valence-electron chi connectivity index (χ3n) is 5.23. The molecule has 2 N–H and O–H groups in total. The summed E-state index contributed by atoms with van der Waals surface area (Å²) < 4.78 is 19.0. The van der Waals surface area contributed by atoms with E-state index in [4.69, 9.17) is 25.3 Å². The molecule has 0 unspecified atom stereocenters. The molecule has 13 heteroatoms. The van der Waals surface area contributed by atoms with Gasteiger partial charge in [0.05, 0.1) is 48.3 Å². The molecule has 184 valence electrons. The lowest BCUT2D eigenvalue weighted by atomic mass is 10.2. The number of carbonyl (C=O) groups excluding carboxylic acids is 1. The van der Waals surface area contributed by atoms with Crippen molar-refractivity contribution in [3.05, 3.63) is 86.0 Å². The van der Waals surface area contributed by atoms with E-state index in [0.29, 0.717) is 16.6 Å². The SMILES string of the molecule is COc1c(-c2cc(O)cc(=O)n2Cc2ccno2)nn(C(=O)c2ccoc2)c1NCc1ccc(Cl)s1. The summed E-state index contributed by atoms with van der Waals surface area (Å²) in [7, 11) is 1.42. The second-order valence-corrected chi connectivity index (χ2v) is 9.32. The smallest absolute Gasteiger partial charge is 0.283 e. The summed E-state index contributed by atoms with van der Waals surface area (Å²) in [6, 6.07) is 9.18. The predicted octanol–water partition coefficient (Wildman–Crippen LogP) is 4.07. The molecule has 0 spiro atoms. The van der Waals surface area contributed by atoms with Crippen molar-refractivity contribution in [2.75, 3.05) is 12.4 Å². The summed E-state index contributed by atoms with van der Waals surface area (Å²) in [5.41, 5.74) is 0.0913. The zero-order valence-corrected chi connectivity index (χ0v) is 20.2. The van der Waals surface area contributed by atoms with Crippen molar-refractivity contribution in [3.63, 3.8) is 0 Å². The van der Waals surface area contributed by atoms with Gasteiger partial charge in [-0.1, -0.05) is 16.8 Å². The lowest BCUT2D eigenvalue weighted by molar-refractivity contribution is 0.0947. The molecule has 0 fully saturated rings. The van der Waals surface area contributed by atoms with Crippen LogP contribution in [0.15, 0.2) is 68.9 Å². The van der Waals surface area contributed by atoms with Gasteiger partial charge in [0.2, 0.25) is 0 Å². The number of thiophene rings is 1. The number of nitrogens with zero attached hydrogens (tertiary/aromatic N) is 4. The molecular weight excluding hydrogens is 510 g/mol. The molecule has 0 bridgehead atoms. The Morgan fingerprint density at radius 2 is 2.14 bits per heavy atom. The Bertz CT molecular complexity index is 1570. The molecule has 5 rings (SSSR count). The molecule has 0 saturated heterocycles. The van der Waals surface area contributed by atoms with Gasteiger partial charge in [-0.25, -0.2) is 0 Å². The number of hydrogen-bond donors (Lipinski definition) is 2. The van der Waals surface area contributed by atoms with Crippen LogP contribution in [0.25, 0.3) is 11.4 Å². The number of rotatable bonds is 8. The summed E-state index contributed by atoms with van der Waals surface area (Å²) >= 11 is 7.44. The first-order chi connectivity index (χ1) is 17.4. The number of pyridine rings is 1. The van der Waals surface area contributed by atoms with E-state index in [1.807, 2.05) is 6.07 Å². The topological polar surface area (TPSA) is 138 Å². The molecule has 0 aromatic carbocycles. The molecule has 5 heterocycles. The maximum Gasteiger partial charge on any atom is 0.283 e. The van der Waals surface area contributed by atoms with Crippen LogP contribution in [0, 0.1) is 0 Å². The number of aromatic hydroxyl groups is 1. The van der Waals surface area contributed by atoms with Crippen LogP contribution in [-0.4, -0.2) is 37.6 Å². The first kappa shape index (κ1) is 23.5. The largest absolute Gasteiger partial charge is 0.508 e. The standard InChI is InChI=1S/C23H18ClN5O6S/c1-33-21-20(17-8-14(30)9-19(31)28(17)11-15-4-6-26-35-15)27-29(23(32)13-5-7-34-12-13)22(21)25-10-16-2-3-18(24)36-16/h2-9,12,25,30H,10-11H2,1H3. The van der Waals surface area contributed by atoms with E-state index in [9.17, 15) is 14.7 Å². The number of methoxy groups -OCH3 is 1. The normalized spacial score (nSPS) is 11.1. The minimum atomic E-state index is -0.512. The van der Waals surface area contributed by atoms with Crippen LogP contribution in [0.3, 0.4) is 0 Å². The molecule has 0 aliphatic rings. The van der Waals surface area contributed by atoms with Crippen LogP contribution in [0.2, 0.25) is 4.34 Å². The van der Waals surface area contributed by atoms with E-state index in [0.717, 1.165) is 15.6 Å². The fourth-order valence-corrected chi connectivity index (χ4v) is 4.64. The molecule has 5 aromatic rings. The fourth-order valence-electron chi connectivity index (χ4n) is 3.61. The molecule has 0 aliphatic carbocycles. The molecule has 0 atom stereocenters. The van der Waals surface area contributed by atoms with Crippen LogP contribution < -0.4 is 15.6 Å². The van der Waals surface area contributed by atoms with Gasteiger partial charge < -0.3 is 24.1 Å². The summed E-state index contributed by atoms with van der Waals surface area (Å²) in [5.74, 6) is 0.0644. The highest BCUT2D eigenvalue weighted by molar-refractivity contribution is 7.16. The molecule has 11 nitrogen and oxygen atoms in total. The zero-order chi connectivity index (χ0) is 25.2. The first-order valence-corrected chi connectivity index (χ1v) is 11.7. The van der Waals surface area contributed by atoms with Gasteiger partial charge in [0.1, 0.15) is 12.0 Å². The van der Waals surface area contributed by atoms with Crippen LogP contribution in [0.1, 0.15) is 21.0 Å². The van der Waals surface area contributed by atoms with Crippen molar-refractivity contribution >= 4 is 34.7 Å². The van der Waals surface area contributed by atoms with E-state index in [2.05, 4.69) is 15.6 Å². The Balaban J connectivity index is 1.66. The van der Waals surface area contributed by atoms with Gasteiger partial charge in [-0.05, 0) is 18.2 Å². The second-order valence-electron chi connectivity index (χ2n) is 7.52. The highest BCUT2D eigenvalue weighted by Crippen LogP contribution is 2.38. The summed E-state index contributed by atoms with van der Waals surface area (Å²) in [5, 5.41) is 21.6. The third kappa shape index (κ3) is 4.51. The van der Waals surface area contributed by atoms with E-state index < -0.39 is 11.5 Å². The van der Waals surface area contributed by atoms with Crippen molar-refractivity contribution < 1.29 is 23.6 Å². The van der Waals surface area contributed by atoms with Crippen molar-refractivity contribution in [3.8, 4) is 22.9 Å². The number of furan rings is 1. The highest BCUT2D eigenvalue weighted by Gasteiger charge is 2.27. The molecule has 0 saturated carbocycles. The number of halogens is 1. The number of hydrogen-bond acceptors (Lipinski definition) is 10. The van der Waals surface area contributed by atoms with Gasteiger partial charge in [-0.3, -0.25) is 14.2 Å². The van der Waals surface area contributed by atoms with Crippen molar-refractivity contribution in [2.45, 2.75) is 13.1 Å². The maximum atomic E-state index is 13.3. The van der Waals surface area contributed by atoms with Gasteiger partial charge in [-0.2, -0.15) is 9.78 Å². The maximum absolute atomic E-state index is 13.3. The van der Waals surface area contributed by atoms with Crippen LogP contribution >= 0.6 is 22.9 Å². The van der Waals surface area contributed by atoms with Crippen molar-refractivity contribution in [1.82, 2.24) is 19.5 Å². The lowest BCUT2D eigenvalue weighted by Gasteiger charge is -2.12. The first-order valence-electron chi connectivity index (χ1n) is 10.5. The number of anilines is 1. The van der Waals surface area contributed by atoms with Crippen LogP contribution in [0.4, 0.5) is 5.82 Å². The summed E-state index contributed by atoms with van der Waals surface area (Å²) in [6.45, 7) is 0.332. The Labute approximate surface area is 212 Å². The molecule has 0 aliphatic heterocycles. The fraction of sp³-hybridized carbons (Fsp3) is 0.130. The van der Waals surface area contributed by atoms with Gasteiger partial charge >= 0.3 is 0 Å². The number of ether oxygens (including phenoxy) is 1. The average Bonchev–Trinajstić information content (AvgIpc) is 3.66. The van der Waals surface area contributed by atoms with E-state index in [1.165, 1.54) is 53.9 Å². The van der Waals surface area contributed by atoms with Gasteiger partial charge in [0, 0.05) is 23.1 Å². The van der Waals surface area contributed by atoms with E-state index >= 15 is 0 Å². The minimum Gasteiger partial charge on any atom is -0.508 e. The van der Waals surface area contributed by atoms with E-state index in [1.54, 1.807) is 12.1 Å². The number of aromatic nitrogens is 4. The highest BCUT2D eigenvalue weighted by atomic mass is 35.5. The number of carbonyl (C=O) groups is 1. The molecular formula is C23H18ClN5O6S. The Kier molecular flexibility index (Phi) is 6.36. The van der Waals surface area contributed by atoms with Crippen molar-refractivity contribution in [2.24, 2.45) is 0 Å². The van der Waals surface area contributed by atoms with Gasteiger partial charge in [0.15, 0.2) is 23.0 Å². The van der Waals surface area contributed by atoms with Crippen LogP contribution in [-0.2, 0) is 13.1 Å². The lowest BCUT2D eigenvalue weighted by Crippen LogP contribution is -2.21. The molecule has 36 heavy (non-hydrogen) atoms. The zero-order valence-electron chi connectivity index (χ0n) is 18.7. The van der Waals surface area contributed by atoms with E-state index in [-0.39, 0.29) is 40.8 Å². The molecule has 0 radical (unpaired) electrons. The Morgan fingerprint density at radius 3 is 2.81 bits per heavy atom. The predicted molar refractivity (Wildman–Crippen MR) is 131 cm³/mol. The summed E-state index contributed by atoms with van der Waals surface area (Å²) in [6.07, 6.45) is 4.13. The summed E-state index contributed by atoms with van der Waals surface area (Å²) in [4.78, 5) is 27.1. The third-order valence-corrected chi connectivity index (χ3v) is 6.46. The van der Waals surface area contributed by atoms with Gasteiger partial charge in [-0.15, -0.1) is 11.3 Å². The number of nitrogens with one attached hydrogen (secondary N) is 1. The van der Waals surface area contributed by atoms with Crippen LogP contribution in [0.5, 0.6) is 11.5 Å². The molecule has 5 aromatic heterocycles. The minimum absolute atomic E-state index is 0.0105. The quantitative estimate of drug-likeness (QED) is 0.306.